The fourth-order valence-electron chi connectivity index (χ4n) is 5.00. The van der Waals surface area contributed by atoms with Gasteiger partial charge in [0, 0.05) is 32.5 Å². The largest absolute Gasteiger partial charge is 0.461 e. The minimum atomic E-state index is -4.63. The van der Waals surface area contributed by atoms with Crippen LogP contribution in [0.3, 0.4) is 0 Å². The Hall–Kier alpha value is -4.06. The second kappa shape index (κ2) is 11.6. The molecule has 0 saturated heterocycles. The van der Waals surface area contributed by atoms with Gasteiger partial charge < -0.3 is 25.1 Å². The predicted molar refractivity (Wildman–Crippen MR) is 140 cm³/mol. The number of carbonyl (C=O) groups excluding carboxylic acids is 2. The molecule has 2 aliphatic heterocycles. The molecular formula is C28H30F3N5O4. The Morgan fingerprint density at radius 2 is 1.80 bits per heavy atom. The summed E-state index contributed by atoms with van der Waals surface area (Å²) in [6.07, 6.45) is -3.18. The highest BCUT2D eigenvalue weighted by atomic mass is 19.4. The van der Waals surface area contributed by atoms with E-state index in [1.807, 2.05) is 6.07 Å². The highest BCUT2D eigenvalue weighted by Crippen LogP contribution is 2.34. The van der Waals surface area contributed by atoms with Crippen molar-refractivity contribution in [3.05, 3.63) is 83.2 Å². The van der Waals surface area contributed by atoms with E-state index >= 15 is 0 Å². The van der Waals surface area contributed by atoms with Gasteiger partial charge in [-0.3, -0.25) is 9.59 Å². The van der Waals surface area contributed by atoms with Gasteiger partial charge in [0.15, 0.2) is 5.60 Å². The molecule has 40 heavy (non-hydrogen) atoms. The Bertz CT molecular complexity index is 1320. The molecule has 0 fully saturated rings. The number of rotatable bonds is 9. The van der Waals surface area contributed by atoms with Crippen LogP contribution in [0.25, 0.3) is 0 Å². The summed E-state index contributed by atoms with van der Waals surface area (Å²) >= 11 is 0. The van der Waals surface area contributed by atoms with Gasteiger partial charge in [0.25, 0.3) is 5.91 Å². The quantitative estimate of drug-likeness (QED) is 0.389. The van der Waals surface area contributed by atoms with Crippen molar-refractivity contribution < 1.29 is 32.2 Å². The number of nitrogens with one attached hydrogen (secondary N) is 2. The third-order valence-electron chi connectivity index (χ3n) is 6.86. The molecule has 0 saturated carbocycles. The first-order chi connectivity index (χ1) is 19.2. The van der Waals surface area contributed by atoms with Crippen molar-refractivity contribution in [3.8, 4) is 0 Å². The maximum atomic E-state index is 13.9. The van der Waals surface area contributed by atoms with Crippen LogP contribution >= 0.6 is 0 Å². The standard InChI is InChI=1S/C28H30F3N5O4/c29-28(30,31)19-35-16-22-9-5-4-8-21(22)14-27(25(35)38,15-24(37)39-18-20-6-2-1-3-7-20)40-13-10-23-17-36-26(34-23)32-11-12-33-36/h1-9,17,33H,10-16,18-19H2,(H,32,34)/t27-/m0/s1. The molecule has 1 aromatic heterocycles. The zero-order chi connectivity index (χ0) is 28.2. The Morgan fingerprint density at radius 1 is 1.05 bits per heavy atom. The molecule has 2 aromatic carbocycles. The fourth-order valence-corrected chi connectivity index (χ4v) is 5.00. The van der Waals surface area contributed by atoms with Crippen molar-refractivity contribution in [1.29, 1.82) is 0 Å². The van der Waals surface area contributed by atoms with Crippen LogP contribution in [0, 0.1) is 0 Å². The summed E-state index contributed by atoms with van der Waals surface area (Å²) < 4.78 is 54.1. The molecule has 0 spiro atoms. The van der Waals surface area contributed by atoms with E-state index in [4.69, 9.17) is 9.47 Å². The number of amides is 1. The first kappa shape index (κ1) is 27.5. The van der Waals surface area contributed by atoms with Gasteiger partial charge in [-0.05, 0) is 16.7 Å². The van der Waals surface area contributed by atoms with Gasteiger partial charge in [-0.25, -0.2) is 9.66 Å². The highest BCUT2D eigenvalue weighted by Gasteiger charge is 2.49. The zero-order valence-corrected chi connectivity index (χ0v) is 21.7. The lowest BCUT2D eigenvalue weighted by Gasteiger charge is -2.34. The summed E-state index contributed by atoms with van der Waals surface area (Å²) in [6, 6.07) is 15.9. The monoisotopic (exact) mass is 557 g/mol. The number of alkyl halides is 3. The smallest absolute Gasteiger partial charge is 0.406 e. The van der Waals surface area contributed by atoms with E-state index in [9.17, 15) is 22.8 Å². The van der Waals surface area contributed by atoms with E-state index in [2.05, 4.69) is 15.7 Å². The summed E-state index contributed by atoms with van der Waals surface area (Å²) in [5, 5.41) is 3.16. The molecule has 0 radical (unpaired) electrons. The number of carbonyl (C=O) groups is 2. The van der Waals surface area contributed by atoms with Crippen LogP contribution in [0.5, 0.6) is 0 Å². The third kappa shape index (κ3) is 6.56. The molecule has 1 atom stereocenters. The second-order valence-electron chi connectivity index (χ2n) is 9.90. The van der Waals surface area contributed by atoms with Crippen LogP contribution in [-0.2, 0) is 45.1 Å². The highest BCUT2D eigenvalue weighted by molar-refractivity contribution is 5.91. The van der Waals surface area contributed by atoms with Gasteiger partial charge in [-0.15, -0.1) is 0 Å². The number of benzene rings is 2. The van der Waals surface area contributed by atoms with Gasteiger partial charge >= 0.3 is 12.1 Å². The average Bonchev–Trinajstić information content (AvgIpc) is 3.30. The normalized spacial score (nSPS) is 18.7. The summed E-state index contributed by atoms with van der Waals surface area (Å²) in [5.74, 6) is -1.00. The molecule has 212 valence electrons. The zero-order valence-electron chi connectivity index (χ0n) is 21.7. The number of hydrogen-bond donors (Lipinski definition) is 2. The van der Waals surface area contributed by atoms with Crippen LogP contribution in [0.1, 0.15) is 28.8 Å². The van der Waals surface area contributed by atoms with E-state index < -0.39 is 36.6 Å². The third-order valence-corrected chi connectivity index (χ3v) is 6.86. The fraction of sp³-hybridized carbons (Fsp3) is 0.393. The maximum absolute atomic E-state index is 13.9. The lowest BCUT2D eigenvalue weighted by molar-refractivity contribution is -0.182. The van der Waals surface area contributed by atoms with E-state index in [-0.39, 0.29) is 32.6 Å². The molecule has 5 rings (SSSR count). The van der Waals surface area contributed by atoms with Gasteiger partial charge in [-0.1, -0.05) is 54.6 Å². The molecule has 9 nitrogen and oxygen atoms in total. The number of hydrogen-bond acceptors (Lipinski definition) is 7. The molecule has 0 unspecified atom stereocenters. The average molecular weight is 558 g/mol. The number of ether oxygens (including phenoxy) is 2. The van der Waals surface area contributed by atoms with Gasteiger partial charge in [-0.2, -0.15) is 13.2 Å². The molecule has 1 amide bonds. The number of nitrogens with zero attached hydrogens (tertiary/aromatic N) is 3. The number of aromatic nitrogens is 2. The predicted octanol–water partition coefficient (Wildman–Crippen LogP) is 3.43. The number of imidazole rings is 1. The topological polar surface area (TPSA) is 97.7 Å². The molecule has 0 bridgehead atoms. The molecule has 2 aliphatic rings. The van der Waals surface area contributed by atoms with E-state index in [1.165, 1.54) is 0 Å². The van der Waals surface area contributed by atoms with Crippen LogP contribution in [0.4, 0.5) is 19.1 Å². The maximum Gasteiger partial charge on any atom is 0.406 e. The summed E-state index contributed by atoms with van der Waals surface area (Å²) in [7, 11) is 0. The van der Waals surface area contributed by atoms with E-state index in [1.54, 1.807) is 59.4 Å². The summed E-state index contributed by atoms with van der Waals surface area (Å²) in [6.45, 7) is -0.358. The van der Waals surface area contributed by atoms with Gasteiger partial charge in [0.1, 0.15) is 13.2 Å². The number of anilines is 1. The Labute approximate surface area is 229 Å². The van der Waals surface area contributed by atoms with E-state index in [0.29, 0.717) is 29.3 Å². The van der Waals surface area contributed by atoms with Crippen LogP contribution in [0.2, 0.25) is 0 Å². The minimum absolute atomic E-state index is 0.0347. The minimum Gasteiger partial charge on any atom is -0.461 e. The van der Waals surface area contributed by atoms with Crippen molar-refractivity contribution in [1.82, 2.24) is 14.6 Å². The van der Waals surface area contributed by atoms with Gasteiger partial charge in [0.2, 0.25) is 5.95 Å². The molecule has 0 aliphatic carbocycles. The molecular weight excluding hydrogens is 527 g/mol. The second-order valence-corrected chi connectivity index (χ2v) is 9.90. The van der Waals surface area contributed by atoms with Crippen molar-refractivity contribution in [2.45, 2.75) is 44.2 Å². The lowest BCUT2D eigenvalue weighted by Crippen LogP contribution is -2.54. The number of halogens is 3. The number of esters is 1. The molecule has 2 N–H and O–H groups in total. The van der Waals surface area contributed by atoms with E-state index in [0.717, 1.165) is 17.0 Å². The first-order valence-electron chi connectivity index (χ1n) is 13.0. The van der Waals surface area contributed by atoms with Crippen LogP contribution in [-0.4, -0.2) is 64.5 Å². The first-order valence-corrected chi connectivity index (χ1v) is 13.0. The van der Waals surface area contributed by atoms with Crippen molar-refractivity contribution >= 4 is 17.8 Å². The van der Waals surface area contributed by atoms with Crippen molar-refractivity contribution in [3.63, 3.8) is 0 Å². The lowest BCUT2D eigenvalue weighted by atomic mass is 9.89. The molecule has 12 heteroatoms. The van der Waals surface area contributed by atoms with Crippen molar-refractivity contribution in [2.75, 3.05) is 37.0 Å². The Balaban J connectivity index is 1.41. The Morgan fingerprint density at radius 3 is 2.55 bits per heavy atom. The van der Waals surface area contributed by atoms with Gasteiger partial charge in [0.05, 0.1) is 24.9 Å². The summed E-state index contributed by atoms with van der Waals surface area (Å²) in [4.78, 5) is 32.2. The SMILES string of the molecule is O=C(C[C@@]1(OCCc2cn3c(n2)NCCN3)Cc2ccccc2CN(CC(F)(F)F)C1=O)OCc1ccccc1. The number of fused-ring (bicyclic) bond motifs is 2. The van der Waals surface area contributed by atoms with Crippen LogP contribution < -0.4 is 10.7 Å². The van der Waals surface area contributed by atoms with Crippen LogP contribution in [0.15, 0.2) is 60.8 Å². The van der Waals surface area contributed by atoms with Crippen molar-refractivity contribution in [2.24, 2.45) is 0 Å². The molecule has 3 aromatic rings. The summed E-state index contributed by atoms with van der Waals surface area (Å²) in [5.41, 5.74) is 3.89. The molecule has 3 heterocycles. The Kier molecular flexibility index (Phi) is 7.97.